The number of imidazole rings is 1. The largest absolute Gasteiger partial charge is 0.381 e. The lowest BCUT2D eigenvalue weighted by atomic mass is 9.50. The smallest absolute Gasteiger partial charge is 0.268 e. The van der Waals surface area contributed by atoms with Crippen LogP contribution >= 0.6 is 0 Å². The quantitative estimate of drug-likeness (QED) is 0.731. The number of nitrogens with zero attached hydrogens (tertiary/aromatic N) is 4. The number of H-pyrrole nitrogens is 1. The van der Waals surface area contributed by atoms with Crippen LogP contribution in [0.3, 0.4) is 0 Å². The number of nitrogens with one attached hydrogen (secondary N) is 1. The lowest BCUT2D eigenvalue weighted by Crippen LogP contribution is -2.14. The summed E-state index contributed by atoms with van der Waals surface area (Å²) in [5, 5.41) is 9.16. The Morgan fingerprint density at radius 1 is 1.28 bits per heavy atom. The van der Waals surface area contributed by atoms with Gasteiger partial charge >= 0.3 is 0 Å². The van der Waals surface area contributed by atoms with E-state index in [1.807, 2.05) is 6.20 Å². The Balaban J connectivity index is 1.60. The third-order valence-corrected chi connectivity index (χ3v) is 5.86. The first kappa shape index (κ1) is 15.0. The van der Waals surface area contributed by atoms with Gasteiger partial charge in [-0.05, 0) is 30.2 Å². The van der Waals surface area contributed by atoms with E-state index in [-0.39, 0.29) is 6.71 Å². The molecule has 0 aromatic carbocycles. The van der Waals surface area contributed by atoms with Gasteiger partial charge in [0.1, 0.15) is 0 Å². The normalized spacial score (nSPS) is 22.0. The minimum Gasteiger partial charge on any atom is -0.381 e. The van der Waals surface area contributed by atoms with E-state index in [0.717, 1.165) is 67.6 Å². The highest BCUT2D eigenvalue weighted by Gasteiger charge is 2.31. The van der Waals surface area contributed by atoms with Crippen molar-refractivity contribution in [3.63, 3.8) is 0 Å². The fourth-order valence-corrected chi connectivity index (χ4v) is 4.46. The monoisotopic (exact) mass is 333 g/mol. The van der Waals surface area contributed by atoms with Crippen LogP contribution in [0, 0.1) is 11.2 Å². The van der Waals surface area contributed by atoms with Gasteiger partial charge in [-0.2, -0.15) is 0 Å². The van der Waals surface area contributed by atoms with Crippen LogP contribution < -0.4 is 0 Å². The molecule has 5 rings (SSSR count). The number of aromatic nitrogens is 4. The molecule has 3 aromatic heterocycles. The maximum Gasteiger partial charge on any atom is 0.268 e. The molecule has 0 bridgehead atoms. The van der Waals surface area contributed by atoms with Gasteiger partial charge in [0.25, 0.3) is 6.71 Å². The molecule has 1 unspecified atom stereocenters. The van der Waals surface area contributed by atoms with Crippen LogP contribution in [0.4, 0.5) is 0 Å². The Bertz CT molecular complexity index is 965. The summed E-state index contributed by atoms with van der Waals surface area (Å²) in [5.74, 6) is 3.31. The van der Waals surface area contributed by atoms with Crippen LogP contribution in [-0.4, -0.2) is 39.3 Å². The van der Waals surface area contributed by atoms with E-state index in [4.69, 9.17) is 15.0 Å². The molecule has 0 amide bonds. The molecule has 0 aliphatic carbocycles. The highest BCUT2D eigenvalue weighted by Crippen LogP contribution is 2.36. The molecular formula is C18H20BN5O. The molecule has 25 heavy (non-hydrogen) atoms. The summed E-state index contributed by atoms with van der Waals surface area (Å²) in [6, 6.07) is 0. The molecule has 5 heterocycles. The standard InChI is InChI=1S/C18H20BN5O/c20-11-19-4-1-13(7-19)15-10-24-16(23-15)9-22-18-17(24)14(8-21-18)12-2-5-25-6-3-12/h8-10,12-13,21H,1-7H2. The number of aromatic amines is 1. The number of hydrogen-bond donors (Lipinski definition) is 1. The van der Waals surface area contributed by atoms with E-state index in [2.05, 4.69) is 32.7 Å². The summed E-state index contributed by atoms with van der Waals surface area (Å²) in [4.78, 5) is 12.7. The van der Waals surface area contributed by atoms with E-state index in [9.17, 15) is 0 Å². The van der Waals surface area contributed by atoms with Crippen molar-refractivity contribution >= 4 is 23.5 Å². The predicted molar refractivity (Wildman–Crippen MR) is 96.0 cm³/mol. The van der Waals surface area contributed by atoms with Crippen molar-refractivity contribution in [2.24, 2.45) is 0 Å². The lowest BCUT2D eigenvalue weighted by molar-refractivity contribution is 0.0856. The van der Waals surface area contributed by atoms with Crippen molar-refractivity contribution in [2.45, 2.75) is 43.7 Å². The van der Waals surface area contributed by atoms with Gasteiger partial charge in [0, 0.05) is 31.6 Å². The van der Waals surface area contributed by atoms with Crippen LogP contribution in [-0.2, 0) is 4.74 Å². The van der Waals surface area contributed by atoms with Crippen molar-refractivity contribution in [1.29, 1.82) is 5.26 Å². The number of ether oxygens (including phenoxy) is 1. The van der Waals surface area contributed by atoms with Gasteiger partial charge in [0.05, 0.1) is 17.4 Å². The molecule has 0 saturated carbocycles. The predicted octanol–water partition coefficient (Wildman–Crippen LogP) is 3.15. The fourth-order valence-electron chi connectivity index (χ4n) is 4.46. The Labute approximate surface area is 146 Å². The molecule has 6 nitrogen and oxygen atoms in total. The summed E-state index contributed by atoms with van der Waals surface area (Å²) in [6.45, 7) is 1.83. The Morgan fingerprint density at radius 2 is 2.16 bits per heavy atom. The molecule has 126 valence electrons. The number of fused-ring (bicyclic) bond motifs is 3. The van der Waals surface area contributed by atoms with Gasteiger partial charge in [-0.25, -0.2) is 15.2 Å². The third-order valence-electron chi connectivity index (χ3n) is 5.86. The SMILES string of the molecule is N#CB1CCC(c2cn3c(cnc4[nH]cc(C5CCOCC5)c43)n2)C1. The molecule has 1 atom stereocenters. The summed E-state index contributed by atoms with van der Waals surface area (Å²) in [5.41, 5.74) is 5.39. The third kappa shape index (κ3) is 2.44. The highest BCUT2D eigenvalue weighted by atomic mass is 16.5. The van der Waals surface area contributed by atoms with Crippen molar-refractivity contribution in [2.75, 3.05) is 13.2 Å². The molecule has 7 heteroatoms. The average molecular weight is 333 g/mol. The topological polar surface area (TPSA) is 79.0 Å². The Kier molecular flexibility index (Phi) is 3.52. The zero-order chi connectivity index (χ0) is 16.8. The van der Waals surface area contributed by atoms with Gasteiger partial charge < -0.3 is 9.72 Å². The van der Waals surface area contributed by atoms with Crippen LogP contribution in [0.15, 0.2) is 18.6 Å². The van der Waals surface area contributed by atoms with Crippen LogP contribution in [0.1, 0.15) is 42.4 Å². The molecule has 2 aliphatic heterocycles. The van der Waals surface area contributed by atoms with Crippen molar-refractivity contribution in [3.8, 4) is 5.97 Å². The van der Waals surface area contributed by atoms with E-state index in [1.54, 1.807) is 0 Å². The molecule has 3 aromatic rings. The van der Waals surface area contributed by atoms with E-state index < -0.39 is 0 Å². The van der Waals surface area contributed by atoms with E-state index in [1.165, 1.54) is 5.56 Å². The molecule has 2 fully saturated rings. The summed E-state index contributed by atoms with van der Waals surface area (Å²) >= 11 is 0. The first-order chi connectivity index (χ1) is 12.3. The number of rotatable bonds is 2. The van der Waals surface area contributed by atoms with E-state index >= 15 is 0 Å². The second-order valence-corrected chi connectivity index (χ2v) is 7.32. The summed E-state index contributed by atoms with van der Waals surface area (Å²) < 4.78 is 7.71. The van der Waals surface area contributed by atoms with Gasteiger partial charge in [-0.15, -0.1) is 0 Å². The van der Waals surface area contributed by atoms with Crippen LogP contribution in [0.5, 0.6) is 0 Å². The first-order valence-electron chi connectivity index (χ1n) is 9.16. The number of nitriles is 1. The lowest BCUT2D eigenvalue weighted by Gasteiger charge is -2.21. The minimum atomic E-state index is 0.179. The molecule has 0 spiro atoms. The van der Waals surface area contributed by atoms with Gasteiger partial charge in [0.15, 0.2) is 11.3 Å². The Morgan fingerprint density at radius 3 is 2.96 bits per heavy atom. The maximum atomic E-state index is 9.16. The zero-order valence-corrected chi connectivity index (χ0v) is 14.1. The fraction of sp³-hybridized carbons (Fsp3) is 0.500. The summed E-state index contributed by atoms with van der Waals surface area (Å²) in [7, 11) is 0. The van der Waals surface area contributed by atoms with Crippen LogP contribution in [0.25, 0.3) is 16.8 Å². The van der Waals surface area contributed by atoms with Crippen molar-refractivity contribution in [3.05, 3.63) is 29.8 Å². The first-order valence-corrected chi connectivity index (χ1v) is 9.16. The minimum absolute atomic E-state index is 0.179. The Hall–Kier alpha value is -2.33. The zero-order valence-electron chi connectivity index (χ0n) is 14.1. The van der Waals surface area contributed by atoms with Gasteiger partial charge in [0.2, 0.25) is 0 Å². The highest BCUT2D eigenvalue weighted by molar-refractivity contribution is 6.67. The van der Waals surface area contributed by atoms with E-state index in [0.29, 0.717) is 11.8 Å². The molecule has 0 radical (unpaired) electrons. The van der Waals surface area contributed by atoms with Gasteiger partial charge in [-0.3, -0.25) is 4.40 Å². The molecule has 1 N–H and O–H groups in total. The second-order valence-electron chi connectivity index (χ2n) is 7.32. The molecular weight excluding hydrogens is 313 g/mol. The number of hydrogen-bond acceptors (Lipinski definition) is 4. The second kappa shape index (κ2) is 5.89. The van der Waals surface area contributed by atoms with Crippen LogP contribution in [0.2, 0.25) is 12.6 Å². The molecule has 2 aliphatic rings. The average Bonchev–Trinajstić information content (AvgIpc) is 3.38. The summed E-state index contributed by atoms with van der Waals surface area (Å²) in [6.07, 6.45) is 11.2. The maximum absolute atomic E-state index is 9.16. The van der Waals surface area contributed by atoms with Crippen molar-refractivity contribution in [1.82, 2.24) is 19.4 Å². The molecule has 2 saturated heterocycles. The van der Waals surface area contributed by atoms with Crippen molar-refractivity contribution < 1.29 is 4.74 Å². The van der Waals surface area contributed by atoms with Gasteiger partial charge in [-0.1, -0.05) is 19.1 Å².